The zero-order chi connectivity index (χ0) is 31.3. The minimum Gasteiger partial charge on any atom is -0.458 e. The van der Waals surface area contributed by atoms with Gasteiger partial charge in [-0.1, -0.05) is 65.0 Å². The summed E-state index contributed by atoms with van der Waals surface area (Å²) in [7, 11) is 0. The van der Waals surface area contributed by atoms with Crippen molar-refractivity contribution in [3.8, 4) is 23.0 Å². The third-order valence-corrected chi connectivity index (χ3v) is 10.3. The molecule has 0 aliphatic carbocycles. The summed E-state index contributed by atoms with van der Waals surface area (Å²) >= 11 is 1.80. The van der Waals surface area contributed by atoms with Gasteiger partial charge >= 0.3 is 0 Å². The number of imidazole rings is 1. The molecule has 0 N–H and O–H groups in total. The van der Waals surface area contributed by atoms with Crippen molar-refractivity contribution in [1.82, 2.24) is 14.1 Å². The number of hydrogen-bond donors (Lipinski definition) is 0. The Kier molecular flexibility index (Phi) is 5.95. The molecule has 5 nitrogen and oxygen atoms in total. The summed E-state index contributed by atoms with van der Waals surface area (Å²) in [6.45, 7) is 16.1. The molecule has 0 spiro atoms. The predicted octanol–water partition coefficient (Wildman–Crippen LogP) is 9.78. The smallest absolute Gasteiger partial charge is 0.245 e. The van der Waals surface area contributed by atoms with Crippen molar-refractivity contribution >= 4 is 43.5 Å². The van der Waals surface area contributed by atoms with E-state index in [9.17, 15) is 0 Å². The summed E-state index contributed by atoms with van der Waals surface area (Å²) in [6.07, 6.45) is 6.69. The normalized spacial score (nSPS) is 15.7. The van der Waals surface area contributed by atoms with Crippen molar-refractivity contribution in [2.45, 2.75) is 71.3 Å². The van der Waals surface area contributed by atoms with Gasteiger partial charge in [0.15, 0.2) is 0 Å². The van der Waals surface area contributed by atoms with Crippen LogP contribution in [0.3, 0.4) is 0 Å². The van der Waals surface area contributed by atoms with Crippen LogP contribution in [0.4, 0.5) is 0 Å². The van der Waals surface area contributed by atoms with Crippen LogP contribution in [0, 0.1) is 6.33 Å². The largest absolute Gasteiger partial charge is 0.458 e. The number of pyridine rings is 1. The van der Waals surface area contributed by atoms with Gasteiger partial charge in [-0.25, -0.2) is 4.98 Å². The average molecular weight is 611 g/mol. The van der Waals surface area contributed by atoms with Gasteiger partial charge in [-0.2, -0.15) is 11.3 Å². The third kappa shape index (κ3) is 4.41. The first-order valence-electron chi connectivity index (χ1n) is 15.7. The Morgan fingerprint density at radius 3 is 2.47 bits per heavy atom. The summed E-state index contributed by atoms with van der Waals surface area (Å²) in [5.74, 6) is 2.48. The highest BCUT2D eigenvalue weighted by molar-refractivity contribution is 7.16. The Bertz CT molecular complexity index is 2270. The zero-order valence-electron chi connectivity index (χ0n) is 27.0. The molecule has 0 radical (unpaired) electrons. The van der Waals surface area contributed by atoms with Crippen LogP contribution < -0.4 is 9.30 Å². The van der Waals surface area contributed by atoms with Crippen molar-refractivity contribution in [1.29, 1.82) is 0 Å². The number of hydrogen-bond acceptors (Lipinski definition) is 3. The highest BCUT2D eigenvalue weighted by Gasteiger charge is 2.41. The summed E-state index contributed by atoms with van der Waals surface area (Å²) in [5, 5.41) is 4.71. The quantitative estimate of drug-likeness (QED) is 0.147. The van der Waals surface area contributed by atoms with Gasteiger partial charge in [0.05, 0.1) is 27.8 Å². The number of benzene rings is 3. The third-order valence-electron chi connectivity index (χ3n) is 9.38. The molecule has 1 aliphatic heterocycles. The van der Waals surface area contributed by atoms with Gasteiger partial charge in [0.25, 0.3) is 0 Å². The highest BCUT2D eigenvalue weighted by Crippen LogP contribution is 2.44. The maximum Gasteiger partial charge on any atom is 0.245 e. The first-order valence-corrected chi connectivity index (χ1v) is 16.6. The van der Waals surface area contributed by atoms with Crippen molar-refractivity contribution < 1.29 is 9.30 Å². The van der Waals surface area contributed by atoms with E-state index in [1.165, 1.54) is 32.2 Å². The molecule has 0 saturated carbocycles. The molecule has 7 aromatic rings. The lowest BCUT2D eigenvalue weighted by molar-refractivity contribution is -0.744. The summed E-state index contributed by atoms with van der Waals surface area (Å²) in [5.41, 5.74) is 7.32. The second-order valence-corrected chi connectivity index (χ2v) is 15.6. The zero-order valence-corrected chi connectivity index (χ0v) is 27.8. The van der Waals surface area contributed by atoms with E-state index in [-0.39, 0.29) is 16.4 Å². The van der Waals surface area contributed by atoms with E-state index >= 15 is 0 Å². The summed E-state index contributed by atoms with van der Waals surface area (Å²) < 4.78 is 13.4. The standard InChI is InChI=1S/C39H38N4OS/c1-37(2,3)25-17-18-40-34(19-25)43-32-14-9-8-13-29(32)30-16-15-28(21-33(30)43)44-27-12-10-11-26(20-27)41-24-42-35-31(22-45-36(35)41)38(4,5)23-39(42,6)7/h8-22H,23H2,1-7H3. The van der Waals surface area contributed by atoms with Gasteiger partial charge < -0.3 is 13.9 Å². The molecular weight excluding hydrogens is 573 g/mol. The molecule has 45 heavy (non-hydrogen) atoms. The highest BCUT2D eigenvalue weighted by atomic mass is 32.1. The van der Waals surface area contributed by atoms with Crippen LogP contribution in [-0.2, 0) is 16.4 Å². The van der Waals surface area contributed by atoms with Crippen molar-refractivity contribution in [3.05, 3.63) is 108 Å². The van der Waals surface area contributed by atoms with Crippen LogP contribution in [0.1, 0.15) is 66.0 Å². The number of ether oxygens (including phenoxy) is 1. The Hall–Kier alpha value is -4.42. The van der Waals surface area contributed by atoms with Crippen molar-refractivity contribution in [2.24, 2.45) is 0 Å². The second kappa shape index (κ2) is 9.54. The van der Waals surface area contributed by atoms with Crippen LogP contribution in [0.15, 0.2) is 90.4 Å². The van der Waals surface area contributed by atoms with Gasteiger partial charge in [-0.3, -0.25) is 4.57 Å². The van der Waals surface area contributed by atoms with Crippen LogP contribution in [0.5, 0.6) is 11.5 Å². The lowest BCUT2D eigenvalue weighted by Crippen LogP contribution is -2.57. The molecule has 5 heterocycles. The lowest BCUT2D eigenvalue weighted by Gasteiger charge is -2.39. The number of thiophene rings is 1. The SMILES string of the molecule is CC(C)(C)c1ccnc(-n2c3ccccc3c3ccc(Oc4cccc(-n5[c-][n+]6c7c(csc75)C(C)(C)CC6(C)C)c4)cc32)c1. The number of para-hydroxylation sites is 1. The van der Waals surface area contributed by atoms with E-state index in [4.69, 9.17) is 9.72 Å². The molecule has 226 valence electrons. The number of aromatic nitrogens is 4. The van der Waals surface area contributed by atoms with E-state index in [0.29, 0.717) is 0 Å². The molecule has 3 aromatic carbocycles. The van der Waals surface area contributed by atoms with Crippen LogP contribution >= 0.6 is 11.3 Å². The first-order chi connectivity index (χ1) is 21.4. The van der Waals surface area contributed by atoms with Gasteiger partial charge in [0, 0.05) is 23.0 Å². The second-order valence-electron chi connectivity index (χ2n) is 14.7. The Morgan fingerprint density at radius 2 is 1.64 bits per heavy atom. The summed E-state index contributed by atoms with van der Waals surface area (Å²) in [4.78, 5) is 6.05. The van der Waals surface area contributed by atoms with Crippen LogP contribution in [0.2, 0.25) is 0 Å². The maximum atomic E-state index is 6.59. The fourth-order valence-corrected chi connectivity index (χ4v) is 8.58. The average Bonchev–Trinajstić information content (AvgIpc) is 3.68. The van der Waals surface area contributed by atoms with Crippen molar-refractivity contribution in [3.63, 3.8) is 0 Å². The van der Waals surface area contributed by atoms with Crippen molar-refractivity contribution in [2.75, 3.05) is 0 Å². The number of fused-ring (bicyclic) bond motifs is 3. The Morgan fingerprint density at radius 1 is 0.867 bits per heavy atom. The molecule has 8 rings (SSSR count). The molecule has 4 aromatic heterocycles. The molecule has 6 heteroatoms. The van der Waals surface area contributed by atoms with Gasteiger partial charge in [-0.05, 0) is 90.1 Å². The predicted molar refractivity (Wildman–Crippen MR) is 184 cm³/mol. The molecule has 0 bridgehead atoms. The van der Waals surface area contributed by atoms with Gasteiger partial charge in [0.2, 0.25) is 6.33 Å². The van der Waals surface area contributed by atoms with Gasteiger partial charge in [-0.15, -0.1) is 0 Å². The molecule has 0 unspecified atom stereocenters. The van der Waals surface area contributed by atoms with Crippen LogP contribution in [0.25, 0.3) is 43.7 Å². The van der Waals surface area contributed by atoms with Crippen LogP contribution in [-0.4, -0.2) is 14.1 Å². The van der Waals surface area contributed by atoms with E-state index in [1.807, 2.05) is 12.3 Å². The fourth-order valence-electron chi connectivity index (χ4n) is 7.35. The fraction of sp³-hybridized carbons (Fsp3) is 0.282. The summed E-state index contributed by atoms with van der Waals surface area (Å²) in [6, 6.07) is 27.6. The molecule has 1 aliphatic rings. The molecular formula is C39H38N4OS. The maximum absolute atomic E-state index is 6.59. The van der Waals surface area contributed by atoms with E-state index in [1.54, 1.807) is 11.3 Å². The molecule has 0 amide bonds. The number of nitrogens with zero attached hydrogens (tertiary/aromatic N) is 4. The van der Waals surface area contributed by atoms with E-state index in [0.717, 1.165) is 40.5 Å². The minimum atomic E-state index is -0.0235. The lowest BCUT2D eigenvalue weighted by atomic mass is 9.73. The van der Waals surface area contributed by atoms with E-state index < -0.39 is 0 Å². The molecule has 0 atom stereocenters. The molecule has 0 fully saturated rings. The number of rotatable bonds is 4. The first kappa shape index (κ1) is 28.1. The topological polar surface area (TPSA) is 35.9 Å². The monoisotopic (exact) mass is 610 g/mol. The van der Waals surface area contributed by atoms with E-state index in [2.05, 4.69) is 147 Å². The van der Waals surface area contributed by atoms with Gasteiger partial charge in [0.1, 0.15) is 22.1 Å². The molecule has 0 saturated heterocycles. The Balaban J connectivity index is 1.21. The Labute approximate surface area is 268 Å². The minimum absolute atomic E-state index is 0.0200.